The number of rotatable bonds is 8. The first kappa shape index (κ1) is 22.3. The maximum atomic E-state index is 13.0. The summed E-state index contributed by atoms with van der Waals surface area (Å²) in [5.74, 6) is 0.441. The molecule has 1 fully saturated rings. The van der Waals surface area contributed by atoms with Gasteiger partial charge in [0.25, 0.3) is 0 Å². The predicted octanol–water partition coefficient (Wildman–Crippen LogP) is 4.22. The molecule has 0 radical (unpaired) electrons. The van der Waals surface area contributed by atoms with Crippen molar-refractivity contribution in [3.63, 3.8) is 0 Å². The molecule has 3 aromatic rings. The molecule has 1 aliphatic heterocycles. The Kier molecular flexibility index (Phi) is 6.88. The number of aromatic nitrogens is 1. The fourth-order valence-electron chi connectivity index (χ4n) is 3.94. The van der Waals surface area contributed by atoms with Gasteiger partial charge in [-0.3, -0.25) is 14.6 Å². The second-order valence-electron chi connectivity index (χ2n) is 7.89. The predicted molar refractivity (Wildman–Crippen MR) is 126 cm³/mol. The molecule has 1 atom stereocenters. The Morgan fingerprint density at radius 1 is 1.12 bits per heavy atom. The highest BCUT2D eigenvalue weighted by molar-refractivity contribution is 6.04. The average molecular weight is 446 g/mol. The number of carbonyl (C=O) groups is 2. The lowest BCUT2D eigenvalue weighted by molar-refractivity contribution is -0.122. The average Bonchev–Trinajstić information content (AvgIpc) is 3.25. The van der Waals surface area contributed by atoms with Gasteiger partial charge < -0.3 is 19.7 Å². The number of carbonyl (C=O) groups excluding carboxylic acids is 2. The lowest BCUT2D eigenvalue weighted by Crippen LogP contribution is -2.28. The van der Waals surface area contributed by atoms with Crippen molar-refractivity contribution < 1.29 is 19.1 Å². The van der Waals surface area contributed by atoms with E-state index in [1.165, 1.54) is 0 Å². The zero-order chi connectivity index (χ0) is 23.2. The molecule has 2 aromatic carbocycles. The molecular weight excluding hydrogens is 418 g/mol. The fraction of sp³-hybridized carbons (Fsp3) is 0.269. The summed E-state index contributed by atoms with van der Waals surface area (Å²) in [6, 6.07) is 16.8. The van der Waals surface area contributed by atoms with Crippen LogP contribution in [0, 0.1) is 5.92 Å². The van der Waals surface area contributed by atoms with Gasteiger partial charge >= 0.3 is 0 Å². The number of hydrogen-bond donors (Lipinski definition) is 1. The lowest BCUT2D eigenvalue weighted by Gasteiger charge is -2.20. The van der Waals surface area contributed by atoms with Crippen molar-refractivity contribution in [3.8, 4) is 11.5 Å². The van der Waals surface area contributed by atoms with E-state index in [2.05, 4.69) is 17.2 Å². The Morgan fingerprint density at radius 2 is 1.91 bits per heavy atom. The van der Waals surface area contributed by atoms with Gasteiger partial charge in [0.15, 0.2) is 11.5 Å². The summed E-state index contributed by atoms with van der Waals surface area (Å²) in [6.07, 6.45) is 4.42. The van der Waals surface area contributed by atoms with Crippen molar-refractivity contribution in [1.29, 1.82) is 0 Å². The minimum Gasteiger partial charge on any atom is -0.493 e. The van der Waals surface area contributed by atoms with Crippen LogP contribution in [0.25, 0.3) is 0 Å². The maximum Gasteiger partial charge on any atom is 0.229 e. The Hall–Kier alpha value is -3.87. The maximum absolute atomic E-state index is 13.0. The number of methoxy groups -OCH3 is 1. The second-order valence-corrected chi connectivity index (χ2v) is 7.89. The molecule has 1 saturated heterocycles. The third-order valence-corrected chi connectivity index (χ3v) is 5.73. The van der Waals surface area contributed by atoms with Crippen LogP contribution >= 0.6 is 0 Å². The number of nitrogens with zero attached hydrogens (tertiary/aromatic N) is 2. The molecule has 1 aromatic heterocycles. The molecule has 7 nitrogen and oxygen atoms in total. The van der Waals surface area contributed by atoms with Crippen molar-refractivity contribution in [2.75, 3.05) is 23.9 Å². The van der Waals surface area contributed by atoms with Crippen LogP contribution in [0.4, 0.5) is 11.4 Å². The number of pyridine rings is 1. The number of para-hydroxylation sites is 1. The van der Waals surface area contributed by atoms with E-state index >= 15 is 0 Å². The minimum absolute atomic E-state index is 0.0350. The number of hydrogen-bond acceptors (Lipinski definition) is 5. The van der Waals surface area contributed by atoms with E-state index < -0.39 is 5.92 Å². The first-order chi connectivity index (χ1) is 16.1. The first-order valence-electron chi connectivity index (χ1n) is 11.0. The summed E-state index contributed by atoms with van der Waals surface area (Å²) in [4.78, 5) is 31.4. The summed E-state index contributed by atoms with van der Waals surface area (Å²) in [5, 5.41) is 2.93. The van der Waals surface area contributed by atoms with E-state index in [9.17, 15) is 9.59 Å². The van der Waals surface area contributed by atoms with Crippen molar-refractivity contribution >= 4 is 23.2 Å². The van der Waals surface area contributed by atoms with Gasteiger partial charge in [0, 0.05) is 42.8 Å². The third kappa shape index (κ3) is 5.14. The first-order valence-corrected chi connectivity index (χ1v) is 11.0. The van der Waals surface area contributed by atoms with Crippen LogP contribution in [0.1, 0.15) is 24.5 Å². The Labute approximate surface area is 193 Å². The minimum atomic E-state index is -0.425. The fourth-order valence-corrected chi connectivity index (χ4v) is 3.94. The molecule has 0 bridgehead atoms. The van der Waals surface area contributed by atoms with Gasteiger partial charge in [0.05, 0.1) is 13.0 Å². The number of aryl methyl sites for hydroxylation is 1. The van der Waals surface area contributed by atoms with Crippen molar-refractivity contribution in [2.45, 2.75) is 26.4 Å². The zero-order valence-corrected chi connectivity index (χ0v) is 18.8. The molecule has 33 heavy (non-hydrogen) atoms. The van der Waals surface area contributed by atoms with Crippen LogP contribution in [-0.2, 0) is 22.6 Å². The summed E-state index contributed by atoms with van der Waals surface area (Å²) in [6.45, 7) is 2.77. The Bertz CT molecular complexity index is 1130. The van der Waals surface area contributed by atoms with Gasteiger partial charge in [0.2, 0.25) is 11.8 Å². The van der Waals surface area contributed by atoms with E-state index in [-0.39, 0.29) is 18.2 Å². The van der Waals surface area contributed by atoms with Gasteiger partial charge in [-0.15, -0.1) is 0 Å². The van der Waals surface area contributed by atoms with Gasteiger partial charge in [-0.1, -0.05) is 25.1 Å². The Morgan fingerprint density at radius 3 is 2.67 bits per heavy atom. The normalized spacial score (nSPS) is 15.4. The summed E-state index contributed by atoms with van der Waals surface area (Å²) in [7, 11) is 1.57. The smallest absolute Gasteiger partial charge is 0.229 e. The topological polar surface area (TPSA) is 80.8 Å². The molecule has 0 aliphatic carbocycles. The van der Waals surface area contributed by atoms with E-state index in [1.54, 1.807) is 42.6 Å². The van der Waals surface area contributed by atoms with Gasteiger partial charge in [-0.05, 0) is 47.9 Å². The lowest BCUT2D eigenvalue weighted by atomic mass is 10.1. The summed E-state index contributed by atoms with van der Waals surface area (Å²) >= 11 is 0. The highest BCUT2D eigenvalue weighted by Crippen LogP contribution is 2.32. The molecule has 0 saturated carbocycles. The SMILES string of the molecule is CCc1ccccc1N1CC(C(=O)Nc2ccc(OC)c(OCc3ccncc3)c2)CC1=O. The molecule has 170 valence electrons. The Balaban J connectivity index is 1.44. The third-order valence-electron chi connectivity index (χ3n) is 5.73. The highest BCUT2D eigenvalue weighted by Gasteiger charge is 2.35. The van der Waals surface area contributed by atoms with Gasteiger partial charge in [0.1, 0.15) is 6.61 Å². The molecule has 1 unspecified atom stereocenters. The summed E-state index contributed by atoms with van der Waals surface area (Å²) in [5.41, 5.74) is 3.54. The van der Waals surface area contributed by atoms with Crippen molar-refractivity contribution in [1.82, 2.24) is 4.98 Å². The van der Waals surface area contributed by atoms with Gasteiger partial charge in [-0.25, -0.2) is 0 Å². The summed E-state index contributed by atoms with van der Waals surface area (Å²) < 4.78 is 11.3. The van der Waals surface area contributed by atoms with E-state index in [4.69, 9.17) is 9.47 Å². The van der Waals surface area contributed by atoms with Crippen molar-refractivity contribution in [2.24, 2.45) is 5.92 Å². The van der Waals surface area contributed by atoms with Crippen molar-refractivity contribution in [3.05, 3.63) is 78.1 Å². The second kappa shape index (κ2) is 10.2. The molecule has 7 heteroatoms. The quantitative estimate of drug-likeness (QED) is 0.561. The molecular formula is C26H27N3O4. The number of benzene rings is 2. The number of anilines is 2. The number of ether oxygens (including phenoxy) is 2. The van der Waals surface area contributed by atoms with Crippen LogP contribution in [-0.4, -0.2) is 30.5 Å². The number of nitrogens with one attached hydrogen (secondary N) is 1. The molecule has 2 amide bonds. The van der Waals surface area contributed by atoms with Crippen LogP contribution in [0.5, 0.6) is 11.5 Å². The molecule has 4 rings (SSSR count). The largest absolute Gasteiger partial charge is 0.493 e. The van der Waals surface area contributed by atoms with E-state index in [0.717, 1.165) is 23.2 Å². The van der Waals surface area contributed by atoms with Crippen LogP contribution < -0.4 is 19.7 Å². The van der Waals surface area contributed by atoms with Gasteiger partial charge in [-0.2, -0.15) is 0 Å². The van der Waals surface area contributed by atoms with E-state index in [0.29, 0.717) is 30.3 Å². The molecule has 2 heterocycles. The van der Waals surface area contributed by atoms with Crippen LogP contribution in [0.3, 0.4) is 0 Å². The monoisotopic (exact) mass is 445 g/mol. The van der Waals surface area contributed by atoms with E-state index in [1.807, 2.05) is 36.4 Å². The standard InChI is InChI=1S/C26H27N3O4/c1-3-19-6-4-5-7-22(19)29-16-20(14-25(29)30)26(31)28-21-8-9-23(32-2)24(15-21)33-17-18-10-12-27-13-11-18/h4-13,15,20H,3,14,16-17H2,1-2H3,(H,28,31). The highest BCUT2D eigenvalue weighted by atomic mass is 16.5. The molecule has 1 N–H and O–H groups in total. The number of amides is 2. The molecule has 0 spiro atoms. The van der Waals surface area contributed by atoms with Crippen LogP contribution in [0.2, 0.25) is 0 Å². The molecule has 1 aliphatic rings. The van der Waals surface area contributed by atoms with Crippen LogP contribution in [0.15, 0.2) is 67.0 Å². The zero-order valence-electron chi connectivity index (χ0n) is 18.8.